The molecule has 1 aliphatic heterocycles. The Hall–Kier alpha value is -0.660. The molecule has 2 N–H and O–H groups in total. The number of hydrogen-bond donors (Lipinski definition) is 2. The second-order valence-electron chi connectivity index (χ2n) is 6.26. The number of alkyl halides is 3. The van der Waals surface area contributed by atoms with Crippen molar-refractivity contribution in [2.75, 3.05) is 39.9 Å². The first kappa shape index (κ1) is 24.4. The normalized spacial score (nSPS) is 20.1. The van der Waals surface area contributed by atoms with E-state index < -0.39 is 11.9 Å². The topological polar surface area (TPSA) is 61.8 Å². The van der Waals surface area contributed by atoms with E-state index in [1.807, 2.05) is 0 Å². The van der Waals surface area contributed by atoms with E-state index in [1.54, 1.807) is 7.05 Å². The first-order valence-corrected chi connectivity index (χ1v) is 9.48. The summed E-state index contributed by atoms with van der Waals surface area (Å²) < 4.78 is 43.1. The summed E-state index contributed by atoms with van der Waals surface area (Å²) in [7, 11) is 1.67. The monoisotopic (exact) mass is 521 g/mol. The minimum absolute atomic E-state index is 0. The molecule has 11 heteroatoms. The lowest BCUT2D eigenvalue weighted by atomic mass is 10.2. The van der Waals surface area contributed by atoms with Gasteiger partial charge in [-0.15, -0.1) is 35.3 Å². The first-order valence-electron chi connectivity index (χ1n) is 8.61. The smallest absolute Gasteiger partial charge is 0.379 e. The molecule has 1 aromatic heterocycles. The van der Waals surface area contributed by atoms with Crippen molar-refractivity contribution in [3.05, 3.63) is 16.1 Å². The number of aromatic nitrogens is 1. The molecule has 156 valence electrons. The molecule has 0 aromatic carbocycles. The number of rotatable bonds is 6. The SMILES string of the molecule is CN=C(NCCc1nc(C(F)(F)F)cs1)NCC(C)N1CCOCC1C.I. The Balaban J connectivity index is 0.00000364. The molecule has 27 heavy (non-hydrogen) atoms. The molecular formula is C16H27F3IN5OS. The minimum atomic E-state index is -4.38. The summed E-state index contributed by atoms with van der Waals surface area (Å²) in [5.41, 5.74) is -0.825. The van der Waals surface area contributed by atoms with Gasteiger partial charge in [0.2, 0.25) is 0 Å². The van der Waals surface area contributed by atoms with Gasteiger partial charge < -0.3 is 15.4 Å². The molecule has 0 amide bonds. The summed E-state index contributed by atoms with van der Waals surface area (Å²) in [6.45, 7) is 7.87. The highest BCUT2D eigenvalue weighted by atomic mass is 127. The lowest BCUT2D eigenvalue weighted by Crippen LogP contribution is -2.53. The Morgan fingerprint density at radius 2 is 2.22 bits per heavy atom. The molecule has 2 heterocycles. The Kier molecular flexibility index (Phi) is 10.3. The van der Waals surface area contributed by atoms with Crippen molar-refractivity contribution in [2.24, 2.45) is 4.99 Å². The van der Waals surface area contributed by atoms with Crippen molar-refractivity contribution in [3.63, 3.8) is 0 Å². The van der Waals surface area contributed by atoms with Crippen molar-refractivity contribution in [3.8, 4) is 0 Å². The number of ether oxygens (including phenoxy) is 1. The summed E-state index contributed by atoms with van der Waals surface area (Å²) in [5, 5.41) is 7.88. The fourth-order valence-electron chi connectivity index (χ4n) is 2.82. The molecule has 1 fully saturated rings. The van der Waals surface area contributed by atoms with E-state index in [2.05, 4.69) is 39.4 Å². The van der Waals surface area contributed by atoms with Crippen LogP contribution in [0.25, 0.3) is 0 Å². The second kappa shape index (κ2) is 11.4. The van der Waals surface area contributed by atoms with E-state index in [9.17, 15) is 13.2 Å². The van der Waals surface area contributed by atoms with Crippen LogP contribution >= 0.6 is 35.3 Å². The van der Waals surface area contributed by atoms with Crippen molar-refractivity contribution in [2.45, 2.75) is 38.5 Å². The Labute approximate surface area is 179 Å². The van der Waals surface area contributed by atoms with Crippen LogP contribution in [0.1, 0.15) is 24.5 Å². The second-order valence-corrected chi connectivity index (χ2v) is 7.21. The molecule has 1 saturated heterocycles. The van der Waals surface area contributed by atoms with Crippen LogP contribution < -0.4 is 10.6 Å². The lowest BCUT2D eigenvalue weighted by Gasteiger charge is -2.38. The maximum atomic E-state index is 12.6. The molecule has 0 bridgehead atoms. The van der Waals surface area contributed by atoms with Gasteiger partial charge in [0.25, 0.3) is 0 Å². The maximum absolute atomic E-state index is 12.6. The molecule has 0 saturated carbocycles. The maximum Gasteiger partial charge on any atom is 0.434 e. The van der Waals surface area contributed by atoms with Crippen LogP contribution in [0.3, 0.4) is 0 Å². The Morgan fingerprint density at radius 3 is 2.81 bits per heavy atom. The van der Waals surface area contributed by atoms with Gasteiger partial charge in [0, 0.05) is 50.6 Å². The van der Waals surface area contributed by atoms with Crippen LogP contribution in [0.2, 0.25) is 0 Å². The van der Waals surface area contributed by atoms with E-state index in [0.717, 1.165) is 43.0 Å². The Bertz CT molecular complexity index is 599. The molecule has 0 aliphatic carbocycles. The van der Waals surface area contributed by atoms with Crippen LogP contribution in [0.15, 0.2) is 10.4 Å². The molecule has 2 rings (SSSR count). The fraction of sp³-hybridized carbons (Fsp3) is 0.750. The van der Waals surface area contributed by atoms with Crippen LogP contribution in [0.5, 0.6) is 0 Å². The highest BCUT2D eigenvalue weighted by molar-refractivity contribution is 14.0. The summed E-state index contributed by atoms with van der Waals surface area (Å²) in [4.78, 5) is 10.2. The van der Waals surface area contributed by atoms with E-state index >= 15 is 0 Å². The van der Waals surface area contributed by atoms with Gasteiger partial charge in [-0.05, 0) is 13.8 Å². The van der Waals surface area contributed by atoms with Gasteiger partial charge in [0.15, 0.2) is 11.7 Å². The third kappa shape index (κ3) is 7.70. The van der Waals surface area contributed by atoms with Gasteiger partial charge in [-0.1, -0.05) is 0 Å². The third-order valence-corrected chi connectivity index (χ3v) is 5.16. The van der Waals surface area contributed by atoms with E-state index in [1.165, 1.54) is 0 Å². The average Bonchev–Trinajstić information content (AvgIpc) is 3.07. The zero-order chi connectivity index (χ0) is 19.2. The zero-order valence-corrected chi connectivity index (χ0v) is 18.8. The van der Waals surface area contributed by atoms with Gasteiger partial charge in [0.1, 0.15) is 0 Å². The number of aliphatic imine (C=N–C) groups is 1. The van der Waals surface area contributed by atoms with Gasteiger partial charge in [-0.25, -0.2) is 4.98 Å². The number of nitrogens with one attached hydrogen (secondary N) is 2. The van der Waals surface area contributed by atoms with E-state index in [0.29, 0.717) is 36.0 Å². The lowest BCUT2D eigenvalue weighted by molar-refractivity contribution is -0.140. The van der Waals surface area contributed by atoms with Gasteiger partial charge in [-0.3, -0.25) is 9.89 Å². The molecule has 1 aromatic rings. The van der Waals surface area contributed by atoms with Crippen LogP contribution in [0.4, 0.5) is 13.2 Å². The zero-order valence-electron chi connectivity index (χ0n) is 15.7. The molecule has 1 aliphatic rings. The van der Waals surface area contributed by atoms with Crippen LogP contribution in [0, 0.1) is 0 Å². The average molecular weight is 521 g/mol. The predicted molar refractivity (Wildman–Crippen MR) is 112 cm³/mol. The first-order chi connectivity index (χ1) is 12.3. The highest BCUT2D eigenvalue weighted by Crippen LogP contribution is 2.29. The van der Waals surface area contributed by atoms with Gasteiger partial charge >= 0.3 is 6.18 Å². The molecule has 2 atom stereocenters. The Morgan fingerprint density at radius 1 is 1.48 bits per heavy atom. The number of morpholine rings is 1. The number of halogens is 4. The third-order valence-electron chi connectivity index (χ3n) is 4.25. The number of guanidine groups is 1. The summed E-state index contributed by atoms with van der Waals surface area (Å²) >= 11 is 1.02. The fourth-order valence-corrected chi connectivity index (χ4v) is 3.63. The summed E-state index contributed by atoms with van der Waals surface area (Å²) in [6, 6.07) is 0.698. The van der Waals surface area contributed by atoms with Gasteiger partial charge in [0.05, 0.1) is 18.2 Å². The van der Waals surface area contributed by atoms with Gasteiger partial charge in [-0.2, -0.15) is 13.2 Å². The number of hydrogen-bond acceptors (Lipinski definition) is 5. The highest BCUT2D eigenvalue weighted by Gasteiger charge is 2.33. The quantitative estimate of drug-likeness (QED) is 0.343. The summed E-state index contributed by atoms with van der Waals surface area (Å²) in [5.74, 6) is 0.630. The number of thiazole rings is 1. The molecule has 0 radical (unpaired) electrons. The minimum Gasteiger partial charge on any atom is -0.379 e. The standard InChI is InChI=1S/C16H26F3N5OS.HI/c1-11(24-6-7-25-9-12(24)2)8-22-15(20-3)21-5-4-14-23-13(10-26-14)16(17,18)19;/h10-12H,4-9H2,1-3H3,(H2,20,21,22);1H. The number of nitrogens with zero attached hydrogens (tertiary/aromatic N) is 3. The van der Waals surface area contributed by atoms with Crippen molar-refractivity contribution in [1.29, 1.82) is 0 Å². The van der Waals surface area contributed by atoms with Crippen molar-refractivity contribution in [1.82, 2.24) is 20.5 Å². The predicted octanol–water partition coefficient (Wildman–Crippen LogP) is 2.60. The largest absolute Gasteiger partial charge is 0.434 e. The van der Waals surface area contributed by atoms with Crippen LogP contribution in [-0.4, -0.2) is 67.8 Å². The van der Waals surface area contributed by atoms with Crippen LogP contribution in [-0.2, 0) is 17.3 Å². The molecule has 0 spiro atoms. The van der Waals surface area contributed by atoms with E-state index in [-0.39, 0.29) is 24.0 Å². The molecular weight excluding hydrogens is 494 g/mol. The molecule has 6 nitrogen and oxygen atoms in total. The summed E-state index contributed by atoms with van der Waals surface area (Å²) in [6.07, 6.45) is -3.97. The van der Waals surface area contributed by atoms with Crippen molar-refractivity contribution < 1.29 is 17.9 Å². The van der Waals surface area contributed by atoms with Crippen molar-refractivity contribution >= 4 is 41.3 Å². The molecule has 2 unspecified atom stereocenters. The van der Waals surface area contributed by atoms with E-state index in [4.69, 9.17) is 4.74 Å².